The quantitative estimate of drug-likeness (QED) is 0.450. The average Bonchev–Trinajstić information content (AvgIpc) is 3.01. The number of anilines is 1. The molecule has 2 aliphatic heterocycles. The number of hydrogen-bond donors (Lipinski definition) is 0. The maximum atomic E-state index is 12.8. The van der Waals surface area contributed by atoms with Crippen molar-refractivity contribution >= 4 is 18.8 Å². The van der Waals surface area contributed by atoms with Crippen LogP contribution in [0.2, 0.25) is 0 Å². The SMILES string of the molecule is CCCC/C(=C\C(C(=O)OC)N1CCN(c2ccncc2)CC1)B1OC(C)(C)C(C)(C)O1. The van der Waals surface area contributed by atoms with Crippen molar-refractivity contribution in [3.05, 3.63) is 36.1 Å². The third-order valence-corrected chi connectivity index (χ3v) is 6.93. The summed E-state index contributed by atoms with van der Waals surface area (Å²) in [6.45, 7) is 13.6. The molecule has 0 bridgehead atoms. The summed E-state index contributed by atoms with van der Waals surface area (Å²) in [5.74, 6) is -0.243. The number of allylic oxidation sites excluding steroid dienone is 1. The lowest BCUT2D eigenvalue weighted by atomic mass is 9.74. The standard InChI is InChI=1S/C24H38BN3O4/c1-7-8-9-19(25-31-23(2,3)24(4,5)32-25)18-21(22(29)30-6)28-16-14-27(15-17-28)20-10-12-26-13-11-20/h10-13,18,21H,7-9,14-17H2,1-6H3/b19-18+. The van der Waals surface area contributed by atoms with E-state index in [0.717, 1.165) is 56.6 Å². The molecule has 1 aromatic heterocycles. The van der Waals surface area contributed by atoms with E-state index in [1.165, 1.54) is 7.11 Å². The normalized spacial score (nSPS) is 22.1. The number of aromatic nitrogens is 1. The van der Waals surface area contributed by atoms with E-state index >= 15 is 0 Å². The second kappa shape index (κ2) is 10.4. The Hall–Kier alpha value is -1.90. The minimum Gasteiger partial charge on any atom is -0.468 e. The fourth-order valence-corrected chi connectivity index (χ4v) is 4.11. The number of carbonyl (C=O) groups is 1. The van der Waals surface area contributed by atoms with E-state index in [1.54, 1.807) is 0 Å². The Balaban J connectivity index is 1.79. The molecular weight excluding hydrogens is 405 g/mol. The summed E-state index contributed by atoms with van der Waals surface area (Å²) in [5.41, 5.74) is 1.35. The smallest absolute Gasteiger partial charge is 0.468 e. The Morgan fingerprint density at radius 2 is 1.75 bits per heavy atom. The number of nitrogens with zero attached hydrogens (tertiary/aromatic N) is 3. The molecule has 0 radical (unpaired) electrons. The molecule has 8 heteroatoms. The summed E-state index contributed by atoms with van der Waals surface area (Å²) < 4.78 is 17.8. The number of methoxy groups -OCH3 is 1. The predicted octanol–water partition coefficient (Wildman–Crippen LogP) is 3.49. The highest BCUT2D eigenvalue weighted by atomic mass is 16.7. The molecule has 0 N–H and O–H groups in total. The van der Waals surface area contributed by atoms with Gasteiger partial charge < -0.3 is 18.9 Å². The first-order valence-corrected chi connectivity index (χ1v) is 11.7. The van der Waals surface area contributed by atoms with Crippen LogP contribution in [0.4, 0.5) is 5.69 Å². The van der Waals surface area contributed by atoms with Gasteiger partial charge in [0.25, 0.3) is 0 Å². The van der Waals surface area contributed by atoms with E-state index in [9.17, 15) is 4.79 Å². The minimum absolute atomic E-state index is 0.243. The van der Waals surface area contributed by atoms with Crippen LogP contribution < -0.4 is 4.90 Å². The van der Waals surface area contributed by atoms with Gasteiger partial charge in [-0.2, -0.15) is 0 Å². The monoisotopic (exact) mass is 443 g/mol. The third kappa shape index (κ3) is 5.53. The van der Waals surface area contributed by atoms with E-state index in [4.69, 9.17) is 14.0 Å². The van der Waals surface area contributed by atoms with E-state index in [1.807, 2.05) is 30.6 Å². The molecule has 32 heavy (non-hydrogen) atoms. The van der Waals surface area contributed by atoms with E-state index in [0.29, 0.717) is 0 Å². The molecule has 0 aromatic carbocycles. The Morgan fingerprint density at radius 1 is 1.16 bits per heavy atom. The first kappa shape index (κ1) is 24.7. The largest absolute Gasteiger partial charge is 0.490 e. The van der Waals surface area contributed by atoms with E-state index < -0.39 is 24.4 Å². The summed E-state index contributed by atoms with van der Waals surface area (Å²) in [4.78, 5) is 21.4. The molecular formula is C24H38BN3O4. The Kier molecular flexibility index (Phi) is 8.01. The first-order valence-electron chi connectivity index (χ1n) is 11.7. The van der Waals surface area contributed by atoms with Crippen molar-refractivity contribution in [3.8, 4) is 0 Å². The fraction of sp³-hybridized carbons (Fsp3) is 0.667. The first-order chi connectivity index (χ1) is 15.2. The molecule has 2 fully saturated rings. The van der Waals surface area contributed by atoms with Crippen molar-refractivity contribution in [1.29, 1.82) is 0 Å². The van der Waals surface area contributed by atoms with Crippen LogP contribution in [0.5, 0.6) is 0 Å². The number of esters is 1. The van der Waals surface area contributed by atoms with Gasteiger partial charge in [-0.25, -0.2) is 0 Å². The number of unbranched alkanes of at least 4 members (excludes halogenated alkanes) is 1. The second-order valence-electron chi connectivity index (χ2n) is 9.63. The number of piperazine rings is 1. The summed E-state index contributed by atoms with van der Waals surface area (Å²) >= 11 is 0. The van der Waals surface area contributed by atoms with Crippen molar-refractivity contribution in [3.63, 3.8) is 0 Å². The van der Waals surface area contributed by atoms with Gasteiger partial charge in [-0.15, -0.1) is 0 Å². The van der Waals surface area contributed by atoms with Crippen LogP contribution in [0, 0.1) is 0 Å². The second-order valence-corrected chi connectivity index (χ2v) is 9.63. The molecule has 0 saturated carbocycles. The van der Waals surface area contributed by atoms with Crippen molar-refractivity contribution in [2.75, 3.05) is 38.2 Å². The van der Waals surface area contributed by atoms with Crippen LogP contribution in [0.3, 0.4) is 0 Å². The zero-order valence-electron chi connectivity index (χ0n) is 20.5. The van der Waals surface area contributed by atoms with E-state index in [-0.39, 0.29) is 5.97 Å². The molecule has 1 atom stereocenters. The van der Waals surface area contributed by atoms with Crippen LogP contribution >= 0.6 is 0 Å². The summed E-state index contributed by atoms with van der Waals surface area (Å²) in [6.07, 6.45) is 8.56. The van der Waals surface area contributed by atoms with Gasteiger partial charge in [-0.3, -0.25) is 14.7 Å². The molecule has 1 aromatic rings. The minimum atomic E-state index is -0.453. The molecule has 3 rings (SSSR count). The van der Waals surface area contributed by atoms with Crippen LogP contribution in [0.15, 0.2) is 36.1 Å². The zero-order valence-corrected chi connectivity index (χ0v) is 20.5. The molecule has 2 saturated heterocycles. The van der Waals surface area contributed by atoms with Crippen LogP contribution in [0.25, 0.3) is 0 Å². The van der Waals surface area contributed by atoms with Crippen LogP contribution in [-0.2, 0) is 18.8 Å². The van der Waals surface area contributed by atoms with Gasteiger partial charge in [-0.1, -0.05) is 25.8 Å². The van der Waals surface area contributed by atoms with Crippen molar-refractivity contribution < 1.29 is 18.8 Å². The maximum Gasteiger partial charge on any atom is 0.490 e. The molecule has 7 nitrogen and oxygen atoms in total. The lowest BCUT2D eigenvalue weighted by molar-refractivity contribution is -0.145. The number of ether oxygens (including phenoxy) is 1. The van der Waals surface area contributed by atoms with Crippen molar-refractivity contribution in [1.82, 2.24) is 9.88 Å². The maximum absolute atomic E-state index is 12.8. The van der Waals surface area contributed by atoms with Crippen molar-refractivity contribution in [2.24, 2.45) is 0 Å². The van der Waals surface area contributed by atoms with Gasteiger partial charge in [0.2, 0.25) is 0 Å². The molecule has 1 unspecified atom stereocenters. The topological polar surface area (TPSA) is 64.1 Å². The van der Waals surface area contributed by atoms with Crippen molar-refractivity contribution in [2.45, 2.75) is 71.1 Å². The lowest BCUT2D eigenvalue weighted by Gasteiger charge is -2.38. The Labute approximate surface area is 193 Å². The number of pyridine rings is 1. The molecule has 2 aliphatic rings. The highest BCUT2D eigenvalue weighted by Crippen LogP contribution is 2.39. The number of carbonyl (C=O) groups excluding carboxylic acids is 1. The Bertz CT molecular complexity index is 776. The molecule has 176 valence electrons. The zero-order chi connectivity index (χ0) is 23.4. The molecule has 0 amide bonds. The third-order valence-electron chi connectivity index (χ3n) is 6.93. The van der Waals surface area contributed by atoms with Crippen LogP contribution in [-0.4, -0.2) is 73.5 Å². The highest BCUT2D eigenvalue weighted by molar-refractivity contribution is 6.54. The van der Waals surface area contributed by atoms with Gasteiger partial charge in [0.05, 0.1) is 18.3 Å². The lowest BCUT2D eigenvalue weighted by Crippen LogP contribution is -2.52. The molecule has 0 aliphatic carbocycles. The Morgan fingerprint density at radius 3 is 2.28 bits per heavy atom. The van der Waals surface area contributed by atoms with Gasteiger partial charge in [0, 0.05) is 44.3 Å². The highest BCUT2D eigenvalue weighted by Gasteiger charge is 2.52. The fourth-order valence-electron chi connectivity index (χ4n) is 4.11. The van der Waals surface area contributed by atoms with Crippen LogP contribution in [0.1, 0.15) is 53.9 Å². The van der Waals surface area contributed by atoms with Gasteiger partial charge in [0.1, 0.15) is 6.04 Å². The summed E-state index contributed by atoms with van der Waals surface area (Å²) in [7, 11) is 1.01. The molecule has 0 spiro atoms. The number of hydrogen-bond acceptors (Lipinski definition) is 7. The average molecular weight is 443 g/mol. The molecule has 3 heterocycles. The summed E-state index contributed by atoms with van der Waals surface area (Å²) in [6, 6.07) is 3.59. The summed E-state index contributed by atoms with van der Waals surface area (Å²) in [5, 5.41) is 0. The van der Waals surface area contributed by atoms with Gasteiger partial charge in [0.15, 0.2) is 0 Å². The van der Waals surface area contributed by atoms with Gasteiger partial charge in [-0.05, 0) is 51.7 Å². The number of rotatable bonds is 8. The van der Waals surface area contributed by atoms with E-state index in [2.05, 4.69) is 49.4 Å². The predicted molar refractivity (Wildman–Crippen MR) is 128 cm³/mol. The van der Waals surface area contributed by atoms with Gasteiger partial charge >= 0.3 is 13.1 Å².